The van der Waals surface area contributed by atoms with Gasteiger partial charge < -0.3 is 20.9 Å². The van der Waals surface area contributed by atoms with E-state index in [0.717, 1.165) is 43.0 Å². The first-order chi connectivity index (χ1) is 26.1. The summed E-state index contributed by atoms with van der Waals surface area (Å²) in [7, 11) is -4.17. The highest BCUT2D eigenvalue weighted by Crippen LogP contribution is 2.88. The lowest BCUT2D eigenvalue weighted by molar-refractivity contribution is -0.143. The van der Waals surface area contributed by atoms with Gasteiger partial charge in [0.25, 0.3) is 5.91 Å². The standard InChI is InChI=1S/C41H67N7O7S/c1-12-28-22-41(28,37(53)45-56(54,55)46(13-2)14-3)44-34(50)30-23-40(38(10,11)39(40)19-17-20-39)24-48(30)36(52)32(26(6)7)43-35(51)31(25(4)5)42-33(49)29-18-15-16-21-47(29)27(8)9/h12,26-32H,1,4,13-24H2,2-3,5-11H3,(H,42,49)(H,43,51)(H,44,50)(H,45,53)/t28-,29+,30+,31+,32+,40-,41-/m1/s1. The van der Waals surface area contributed by atoms with Crippen LogP contribution in [0.3, 0.4) is 0 Å². The van der Waals surface area contributed by atoms with Crippen molar-refractivity contribution in [3.05, 3.63) is 24.8 Å². The Morgan fingerprint density at radius 1 is 0.911 bits per heavy atom. The molecule has 5 rings (SSSR count). The molecular formula is C41H67N7O7S. The van der Waals surface area contributed by atoms with Gasteiger partial charge in [0.15, 0.2) is 0 Å². The van der Waals surface area contributed by atoms with E-state index < -0.39 is 63.4 Å². The number of fused-ring (bicyclic) bond motifs is 1. The third kappa shape index (κ3) is 7.22. The molecule has 0 aromatic rings. The van der Waals surface area contributed by atoms with E-state index in [1.54, 1.807) is 25.7 Å². The molecule has 56 heavy (non-hydrogen) atoms. The minimum Gasteiger partial charge on any atom is -0.342 e. The van der Waals surface area contributed by atoms with Gasteiger partial charge in [-0.1, -0.05) is 67.0 Å². The van der Waals surface area contributed by atoms with E-state index >= 15 is 0 Å². The van der Waals surface area contributed by atoms with Gasteiger partial charge in [0, 0.05) is 37.0 Å². The van der Waals surface area contributed by atoms with E-state index in [1.807, 2.05) is 27.7 Å². The van der Waals surface area contributed by atoms with E-state index in [0.29, 0.717) is 25.0 Å². The molecule has 5 amide bonds. The number of carbonyl (C=O) groups is 5. The predicted octanol–water partition coefficient (Wildman–Crippen LogP) is 3.01. The van der Waals surface area contributed by atoms with Crippen LogP contribution in [0.4, 0.5) is 0 Å². The summed E-state index contributed by atoms with van der Waals surface area (Å²) in [4.78, 5) is 74.6. The monoisotopic (exact) mass is 801 g/mol. The summed E-state index contributed by atoms with van der Waals surface area (Å²) >= 11 is 0. The number of nitrogens with one attached hydrogen (secondary N) is 4. The third-order valence-corrected chi connectivity index (χ3v) is 16.1. The zero-order valence-electron chi connectivity index (χ0n) is 35.1. The van der Waals surface area contributed by atoms with Gasteiger partial charge in [-0.2, -0.15) is 12.7 Å². The fourth-order valence-electron chi connectivity index (χ4n) is 10.7. The molecule has 4 N–H and O–H groups in total. The second-order valence-electron chi connectivity index (χ2n) is 18.2. The molecule has 3 saturated carbocycles. The molecule has 0 unspecified atom stereocenters. The summed E-state index contributed by atoms with van der Waals surface area (Å²) in [6.07, 6.45) is 7.72. The smallest absolute Gasteiger partial charge is 0.303 e. The van der Waals surface area contributed by atoms with Crippen LogP contribution in [0, 0.1) is 28.1 Å². The minimum absolute atomic E-state index is 0.0292. The molecule has 14 nitrogen and oxygen atoms in total. The summed E-state index contributed by atoms with van der Waals surface area (Å²) in [5, 5.41) is 8.76. The molecule has 2 saturated heterocycles. The molecule has 2 aliphatic heterocycles. The third-order valence-electron chi connectivity index (χ3n) is 14.5. The molecule has 3 aliphatic carbocycles. The van der Waals surface area contributed by atoms with Crippen LogP contribution in [0.1, 0.15) is 114 Å². The number of amides is 5. The van der Waals surface area contributed by atoms with Crippen LogP contribution in [0.2, 0.25) is 0 Å². The molecular weight excluding hydrogens is 735 g/mol. The molecule has 0 aromatic heterocycles. The zero-order valence-corrected chi connectivity index (χ0v) is 35.9. The van der Waals surface area contributed by atoms with Crippen molar-refractivity contribution < 1.29 is 32.4 Å². The zero-order chi connectivity index (χ0) is 41.8. The number of hydrogen-bond donors (Lipinski definition) is 4. The molecule has 0 bridgehead atoms. The topological polar surface area (TPSA) is 177 Å². The van der Waals surface area contributed by atoms with Gasteiger partial charge in [-0.25, -0.2) is 4.72 Å². The van der Waals surface area contributed by atoms with Crippen molar-refractivity contribution in [2.75, 3.05) is 26.2 Å². The summed E-state index contributed by atoms with van der Waals surface area (Å²) < 4.78 is 29.4. The summed E-state index contributed by atoms with van der Waals surface area (Å²) in [5.74, 6) is -3.52. The van der Waals surface area contributed by atoms with Gasteiger partial charge in [-0.05, 0) is 88.2 Å². The molecule has 314 valence electrons. The van der Waals surface area contributed by atoms with Crippen molar-refractivity contribution in [1.82, 2.24) is 34.8 Å². The predicted molar refractivity (Wildman–Crippen MR) is 215 cm³/mol. The van der Waals surface area contributed by atoms with Crippen molar-refractivity contribution in [1.29, 1.82) is 0 Å². The second-order valence-corrected chi connectivity index (χ2v) is 19.9. The van der Waals surface area contributed by atoms with Gasteiger partial charge in [-0.3, -0.25) is 28.9 Å². The first-order valence-electron chi connectivity index (χ1n) is 20.7. The van der Waals surface area contributed by atoms with Crippen LogP contribution in [0.15, 0.2) is 24.8 Å². The van der Waals surface area contributed by atoms with Crippen molar-refractivity contribution in [2.45, 2.75) is 149 Å². The van der Waals surface area contributed by atoms with E-state index in [-0.39, 0.29) is 59.7 Å². The van der Waals surface area contributed by atoms with Gasteiger partial charge >= 0.3 is 10.2 Å². The van der Waals surface area contributed by atoms with Crippen LogP contribution in [-0.2, 0) is 34.2 Å². The molecule has 2 heterocycles. The van der Waals surface area contributed by atoms with Gasteiger partial charge in [0.1, 0.15) is 23.7 Å². The fourth-order valence-corrected chi connectivity index (χ4v) is 11.9. The average molecular weight is 802 g/mol. The lowest BCUT2D eigenvalue weighted by Crippen LogP contribution is -2.61. The van der Waals surface area contributed by atoms with E-state index in [2.05, 4.69) is 52.6 Å². The Balaban J connectivity index is 1.40. The largest absolute Gasteiger partial charge is 0.342 e. The number of piperidine rings is 1. The molecule has 5 aliphatic rings. The van der Waals surface area contributed by atoms with E-state index in [4.69, 9.17) is 0 Å². The number of rotatable bonds is 16. The fraction of sp³-hybridized carbons (Fsp3) is 0.780. The number of hydrogen-bond acceptors (Lipinski definition) is 8. The van der Waals surface area contributed by atoms with Crippen molar-refractivity contribution >= 4 is 39.7 Å². The van der Waals surface area contributed by atoms with Crippen LogP contribution in [-0.4, -0.2) is 114 Å². The average Bonchev–Trinajstić information content (AvgIpc) is 3.84. The van der Waals surface area contributed by atoms with Crippen LogP contribution in [0.5, 0.6) is 0 Å². The van der Waals surface area contributed by atoms with Crippen LogP contribution >= 0.6 is 0 Å². The highest BCUT2D eigenvalue weighted by molar-refractivity contribution is 7.87. The SMILES string of the molecule is C=C[C@@H]1C[C@]1(NC(=O)[C@@H]1C[C@@]2(CN1C(=O)[C@@H](NC(=O)[C@@H](NC(=O)[C@@H]1CCCCN1C(C)C)C(=C)C)C(C)C)C(C)(C)C21CCC1)C(=O)NS(=O)(=O)N(CC)CC. The van der Waals surface area contributed by atoms with Crippen molar-refractivity contribution in [3.63, 3.8) is 0 Å². The lowest BCUT2D eigenvalue weighted by atomic mass is 9.73. The number of likely N-dealkylation sites (tertiary alicyclic amines) is 2. The van der Waals surface area contributed by atoms with Crippen molar-refractivity contribution in [3.8, 4) is 0 Å². The van der Waals surface area contributed by atoms with Gasteiger partial charge in [0.2, 0.25) is 23.6 Å². The normalized spacial score (nSPS) is 30.1. The molecule has 7 atom stereocenters. The van der Waals surface area contributed by atoms with Gasteiger partial charge in [0.05, 0.1) is 6.04 Å². The quantitative estimate of drug-likeness (QED) is 0.172. The molecule has 2 spiro atoms. The van der Waals surface area contributed by atoms with Crippen LogP contribution in [0.25, 0.3) is 0 Å². The maximum absolute atomic E-state index is 14.9. The lowest BCUT2D eigenvalue weighted by Gasteiger charge is -2.38. The van der Waals surface area contributed by atoms with Crippen molar-refractivity contribution in [2.24, 2.45) is 28.1 Å². The summed E-state index contributed by atoms with van der Waals surface area (Å²) in [6, 6.07) is -3.31. The first-order valence-corrected chi connectivity index (χ1v) is 22.1. The van der Waals surface area contributed by atoms with Gasteiger partial charge in [-0.15, -0.1) is 6.58 Å². The number of carbonyl (C=O) groups excluding carboxylic acids is 5. The van der Waals surface area contributed by atoms with E-state index in [1.165, 1.54) is 6.08 Å². The Labute approximate surface area is 334 Å². The summed E-state index contributed by atoms with van der Waals surface area (Å²) in [6.45, 7) is 26.4. The maximum Gasteiger partial charge on any atom is 0.303 e. The van der Waals surface area contributed by atoms with Crippen LogP contribution < -0.4 is 20.7 Å². The first kappa shape index (κ1) is 43.8. The highest BCUT2D eigenvalue weighted by atomic mass is 32.2. The maximum atomic E-state index is 14.9. The minimum atomic E-state index is -4.17. The molecule has 5 fully saturated rings. The molecule has 0 radical (unpaired) electrons. The molecule has 0 aromatic carbocycles. The molecule has 15 heteroatoms. The Morgan fingerprint density at radius 3 is 2.04 bits per heavy atom. The summed E-state index contributed by atoms with van der Waals surface area (Å²) in [5.41, 5.74) is -1.65. The second kappa shape index (κ2) is 15.8. The Morgan fingerprint density at radius 2 is 1.55 bits per heavy atom. The Bertz CT molecular complexity index is 1720. The highest BCUT2D eigenvalue weighted by Gasteiger charge is 2.85. The Kier molecular flexibility index (Phi) is 12.4. The van der Waals surface area contributed by atoms with E-state index in [9.17, 15) is 32.4 Å². The number of nitrogens with zero attached hydrogens (tertiary/aromatic N) is 3. The Hall–Kier alpha value is -3.30.